The minimum absolute atomic E-state index is 0.568. The van der Waals surface area contributed by atoms with Crippen LogP contribution >= 0.6 is 46.3 Å². The number of hydrogen-bond acceptors (Lipinski definition) is 4. The van der Waals surface area contributed by atoms with Crippen molar-refractivity contribution < 1.29 is 0 Å². The maximum Gasteiger partial charge on any atom is 0.0935 e. The molecular formula is C25H24Cl2N2S2. The van der Waals surface area contributed by atoms with Crippen LogP contribution in [0.1, 0.15) is 43.7 Å². The molecule has 3 aromatic rings. The zero-order chi connectivity index (χ0) is 22.1. The summed E-state index contributed by atoms with van der Waals surface area (Å²) in [6.45, 7) is 9.65. The Kier molecular flexibility index (Phi) is 6.83. The first-order valence-electron chi connectivity index (χ1n) is 10.2. The molecule has 0 aliphatic carbocycles. The highest BCUT2D eigenvalue weighted by Gasteiger charge is 2.21. The summed E-state index contributed by atoms with van der Waals surface area (Å²) in [6, 6.07) is 16.5. The van der Waals surface area contributed by atoms with Gasteiger partial charge in [0, 0.05) is 32.6 Å². The quantitative estimate of drug-likeness (QED) is 0.305. The molecule has 0 unspecified atom stereocenters. The van der Waals surface area contributed by atoms with E-state index in [-0.39, 0.29) is 0 Å². The van der Waals surface area contributed by atoms with Gasteiger partial charge in [-0.2, -0.15) is 0 Å². The number of nitrogens with zero attached hydrogens (tertiary/aromatic N) is 1. The largest absolute Gasteiger partial charge is 0.384 e. The van der Waals surface area contributed by atoms with Crippen molar-refractivity contribution in [2.24, 2.45) is 10.9 Å². The molecule has 4 rings (SSSR count). The molecule has 0 saturated carbocycles. The molecule has 1 N–H and O–H groups in total. The van der Waals surface area contributed by atoms with Crippen LogP contribution in [-0.4, -0.2) is 12.3 Å². The second-order valence-electron chi connectivity index (χ2n) is 8.14. The molecule has 0 radical (unpaired) electrons. The summed E-state index contributed by atoms with van der Waals surface area (Å²) in [5.74, 6) is 0.568. The lowest BCUT2D eigenvalue weighted by Gasteiger charge is -2.16. The molecule has 31 heavy (non-hydrogen) atoms. The van der Waals surface area contributed by atoms with E-state index >= 15 is 0 Å². The van der Waals surface area contributed by atoms with Crippen LogP contribution in [0.3, 0.4) is 0 Å². The summed E-state index contributed by atoms with van der Waals surface area (Å²) in [4.78, 5) is 8.41. The summed E-state index contributed by atoms with van der Waals surface area (Å²) in [5.41, 5.74) is 6.54. The van der Waals surface area contributed by atoms with E-state index in [1.165, 1.54) is 11.3 Å². The summed E-state index contributed by atoms with van der Waals surface area (Å²) in [7, 11) is 0. The number of fused-ring (bicyclic) bond motifs is 2. The van der Waals surface area contributed by atoms with Gasteiger partial charge in [-0.15, -0.1) is 11.3 Å². The van der Waals surface area contributed by atoms with Crippen LogP contribution in [0.15, 0.2) is 68.9 Å². The van der Waals surface area contributed by atoms with Crippen LogP contribution in [0, 0.1) is 5.92 Å². The maximum atomic E-state index is 6.33. The first kappa shape index (κ1) is 22.5. The fourth-order valence-corrected chi connectivity index (χ4v) is 5.75. The molecule has 1 aromatic heterocycles. The molecule has 160 valence electrons. The molecule has 0 bridgehead atoms. The number of nitrogens with one attached hydrogen (secondary N) is 1. The molecular weight excluding hydrogens is 463 g/mol. The fourth-order valence-electron chi connectivity index (χ4n) is 3.43. The van der Waals surface area contributed by atoms with Gasteiger partial charge in [0.2, 0.25) is 0 Å². The maximum absolute atomic E-state index is 6.33. The van der Waals surface area contributed by atoms with Crippen LogP contribution in [0.2, 0.25) is 9.36 Å². The van der Waals surface area contributed by atoms with E-state index in [2.05, 4.69) is 57.3 Å². The fraction of sp³-hybridized carbons (Fsp3) is 0.240. The van der Waals surface area contributed by atoms with E-state index in [1.54, 1.807) is 23.1 Å². The average molecular weight is 488 g/mol. The first-order chi connectivity index (χ1) is 14.8. The minimum Gasteiger partial charge on any atom is -0.384 e. The predicted octanol–water partition coefficient (Wildman–Crippen LogP) is 8.69. The Morgan fingerprint density at radius 3 is 2.48 bits per heavy atom. The van der Waals surface area contributed by atoms with Crippen LogP contribution in [0.4, 0.5) is 5.69 Å². The van der Waals surface area contributed by atoms with Gasteiger partial charge in [0.15, 0.2) is 0 Å². The Labute approximate surface area is 202 Å². The summed E-state index contributed by atoms with van der Waals surface area (Å²) >= 11 is 15.8. The van der Waals surface area contributed by atoms with Gasteiger partial charge in [-0.05, 0) is 61.7 Å². The van der Waals surface area contributed by atoms with Gasteiger partial charge in [-0.3, -0.25) is 0 Å². The van der Waals surface area contributed by atoms with Crippen molar-refractivity contribution in [3.63, 3.8) is 0 Å². The third kappa shape index (κ3) is 5.04. The van der Waals surface area contributed by atoms with E-state index in [1.807, 2.05) is 24.3 Å². The molecule has 0 spiro atoms. The normalized spacial score (nSPS) is 12.7. The van der Waals surface area contributed by atoms with Crippen molar-refractivity contribution >= 4 is 63.4 Å². The predicted molar refractivity (Wildman–Crippen MR) is 138 cm³/mol. The molecule has 2 nitrogen and oxygen atoms in total. The molecule has 2 aromatic carbocycles. The number of allylic oxidation sites excluding steroid dienone is 1. The smallest absolute Gasteiger partial charge is 0.0935 e. The molecule has 0 fully saturated rings. The van der Waals surface area contributed by atoms with Crippen molar-refractivity contribution in [2.45, 2.75) is 37.5 Å². The minimum atomic E-state index is 0.568. The zero-order valence-corrected chi connectivity index (χ0v) is 21.1. The highest BCUT2D eigenvalue weighted by molar-refractivity contribution is 7.99. The SMILES string of the molecule is CC(C)=C(NCC(C)C)c1ccc2c(c1)N=C(c1ccc(Cl)s1)c1ccc(Cl)cc1S2. The van der Waals surface area contributed by atoms with Gasteiger partial charge in [0.1, 0.15) is 0 Å². The number of rotatable bonds is 5. The van der Waals surface area contributed by atoms with E-state index in [0.717, 1.165) is 53.1 Å². The lowest BCUT2D eigenvalue weighted by molar-refractivity contribution is 0.617. The van der Waals surface area contributed by atoms with Gasteiger partial charge >= 0.3 is 0 Å². The van der Waals surface area contributed by atoms with E-state index < -0.39 is 0 Å². The monoisotopic (exact) mass is 486 g/mol. The second-order valence-corrected chi connectivity index (χ2v) is 11.4. The van der Waals surface area contributed by atoms with Crippen molar-refractivity contribution in [2.75, 3.05) is 6.54 Å². The lowest BCUT2D eigenvalue weighted by atomic mass is 10.1. The van der Waals surface area contributed by atoms with Gasteiger partial charge < -0.3 is 5.32 Å². The van der Waals surface area contributed by atoms with E-state index in [4.69, 9.17) is 28.2 Å². The van der Waals surface area contributed by atoms with Gasteiger partial charge in [0.05, 0.1) is 20.6 Å². The van der Waals surface area contributed by atoms with Gasteiger partial charge in [-0.25, -0.2) is 4.99 Å². The highest BCUT2D eigenvalue weighted by Crippen LogP contribution is 2.44. The third-order valence-corrected chi connectivity index (χ3v) is 7.49. The topological polar surface area (TPSA) is 24.4 Å². The molecule has 1 aliphatic rings. The number of halogens is 2. The van der Waals surface area contributed by atoms with Crippen molar-refractivity contribution in [3.05, 3.63) is 79.5 Å². The number of hydrogen-bond donors (Lipinski definition) is 1. The van der Waals surface area contributed by atoms with Crippen molar-refractivity contribution in [3.8, 4) is 0 Å². The van der Waals surface area contributed by atoms with Crippen LogP contribution < -0.4 is 5.32 Å². The number of benzene rings is 2. The van der Waals surface area contributed by atoms with Crippen LogP contribution in [-0.2, 0) is 0 Å². The third-order valence-electron chi connectivity index (χ3n) is 4.89. The molecule has 0 amide bonds. The van der Waals surface area contributed by atoms with Crippen molar-refractivity contribution in [1.29, 1.82) is 0 Å². The zero-order valence-electron chi connectivity index (χ0n) is 17.9. The molecule has 0 atom stereocenters. The van der Waals surface area contributed by atoms with Crippen LogP contribution in [0.25, 0.3) is 5.70 Å². The number of aliphatic imine (C=N–C) groups is 1. The Morgan fingerprint density at radius 1 is 1.00 bits per heavy atom. The second kappa shape index (κ2) is 9.41. The summed E-state index contributed by atoms with van der Waals surface area (Å²) in [5, 5.41) is 4.34. The molecule has 2 heterocycles. The van der Waals surface area contributed by atoms with Gasteiger partial charge in [-0.1, -0.05) is 66.5 Å². The van der Waals surface area contributed by atoms with E-state index in [9.17, 15) is 0 Å². The lowest BCUT2D eigenvalue weighted by Crippen LogP contribution is -2.19. The van der Waals surface area contributed by atoms with E-state index in [0.29, 0.717) is 5.92 Å². The highest BCUT2D eigenvalue weighted by atomic mass is 35.5. The van der Waals surface area contributed by atoms with Crippen molar-refractivity contribution in [1.82, 2.24) is 5.32 Å². The average Bonchev–Trinajstić information content (AvgIpc) is 3.06. The Hall–Kier alpha value is -1.72. The summed E-state index contributed by atoms with van der Waals surface area (Å²) < 4.78 is 0.754. The first-order valence-corrected chi connectivity index (χ1v) is 12.6. The number of thiophene rings is 1. The molecule has 0 saturated heterocycles. The molecule has 6 heteroatoms. The van der Waals surface area contributed by atoms with Crippen LogP contribution in [0.5, 0.6) is 0 Å². The Balaban J connectivity index is 1.86. The Morgan fingerprint density at radius 2 is 1.81 bits per heavy atom. The Bertz CT molecular complexity index is 1190. The molecule has 1 aliphatic heterocycles. The summed E-state index contributed by atoms with van der Waals surface area (Å²) in [6.07, 6.45) is 0. The standard InChI is InChI=1S/C25H24Cl2N2S2/c1-14(2)13-28-24(15(3)4)16-5-8-20-19(11-16)29-25(21-9-10-23(27)31-21)18-7-6-17(26)12-22(18)30-20/h5-12,14,28H,13H2,1-4H3. The van der Waals surface area contributed by atoms with Gasteiger partial charge in [0.25, 0.3) is 0 Å².